The molecule has 0 radical (unpaired) electrons. The molecule has 0 aliphatic rings. The van der Waals surface area contributed by atoms with Gasteiger partial charge in [0.15, 0.2) is 0 Å². The fraction of sp³-hybridized carbons (Fsp3) is 0.312. The van der Waals surface area contributed by atoms with Crippen LogP contribution in [0, 0.1) is 12.7 Å². The summed E-state index contributed by atoms with van der Waals surface area (Å²) in [5.41, 5.74) is 1.76. The molecule has 0 fully saturated rings. The molecule has 1 aromatic carbocycles. The molecule has 0 unspecified atom stereocenters. The Morgan fingerprint density at radius 2 is 2.10 bits per heavy atom. The highest BCUT2D eigenvalue weighted by atomic mass is 79.9. The number of aryl methyl sites for hydroxylation is 1. The van der Waals surface area contributed by atoms with E-state index in [2.05, 4.69) is 26.2 Å². The van der Waals surface area contributed by atoms with Crippen molar-refractivity contribution >= 4 is 15.9 Å². The van der Waals surface area contributed by atoms with Crippen molar-refractivity contribution in [2.75, 3.05) is 0 Å². The lowest BCUT2D eigenvalue weighted by Crippen LogP contribution is -2.22. The Balaban J connectivity index is 2.23. The second-order valence-corrected chi connectivity index (χ2v) is 6.02. The first-order valence-electron chi connectivity index (χ1n) is 6.77. The summed E-state index contributed by atoms with van der Waals surface area (Å²) in [4.78, 5) is 4.05. The van der Waals surface area contributed by atoms with E-state index in [1.54, 1.807) is 0 Å². The smallest absolute Gasteiger partial charge is 0.223 e. The molecule has 0 bridgehead atoms. The number of aromatic nitrogens is 1. The minimum absolute atomic E-state index is 0.302. The molecule has 0 spiro atoms. The number of halogens is 2. The molecule has 0 saturated heterocycles. The number of ether oxygens (including phenoxy) is 1. The van der Waals surface area contributed by atoms with Crippen LogP contribution in [0.25, 0.3) is 0 Å². The summed E-state index contributed by atoms with van der Waals surface area (Å²) >= 11 is 3.45. The van der Waals surface area contributed by atoms with Crippen LogP contribution in [-0.2, 0) is 6.54 Å². The van der Waals surface area contributed by atoms with E-state index in [1.807, 2.05) is 39.0 Å². The van der Waals surface area contributed by atoms with Gasteiger partial charge >= 0.3 is 0 Å². The number of nitrogens with zero attached hydrogens (tertiary/aromatic N) is 1. The average Bonchev–Trinajstić information content (AvgIpc) is 2.43. The molecule has 1 heterocycles. The maximum absolute atomic E-state index is 13.4. The molecule has 0 saturated carbocycles. The predicted octanol–water partition coefficient (Wildman–Crippen LogP) is 4.58. The predicted molar refractivity (Wildman–Crippen MR) is 85.1 cm³/mol. The minimum atomic E-state index is -0.366. The quantitative estimate of drug-likeness (QED) is 0.854. The number of rotatable bonds is 5. The van der Waals surface area contributed by atoms with Crippen molar-refractivity contribution in [3.8, 4) is 11.6 Å². The van der Waals surface area contributed by atoms with Gasteiger partial charge in [-0.05, 0) is 36.8 Å². The number of nitrogens with one attached hydrogen (secondary N) is 1. The highest BCUT2D eigenvalue weighted by Crippen LogP contribution is 2.27. The van der Waals surface area contributed by atoms with E-state index in [-0.39, 0.29) is 5.82 Å². The number of hydrogen-bond acceptors (Lipinski definition) is 3. The fourth-order valence-corrected chi connectivity index (χ4v) is 2.04. The molecule has 0 aliphatic heterocycles. The molecule has 3 nitrogen and oxygen atoms in total. The Bertz CT molecular complexity index is 632. The van der Waals surface area contributed by atoms with Crippen LogP contribution in [0.1, 0.15) is 25.0 Å². The third-order valence-corrected chi connectivity index (χ3v) is 3.83. The van der Waals surface area contributed by atoms with E-state index in [4.69, 9.17) is 4.74 Å². The Hall–Kier alpha value is -1.46. The van der Waals surface area contributed by atoms with Crippen molar-refractivity contribution in [3.63, 3.8) is 0 Å². The molecule has 2 rings (SSSR count). The fourth-order valence-electron chi connectivity index (χ4n) is 1.79. The van der Waals surface area contributed by atoms with Gasteiger partial charge in [-0.15, -0.1) is 0 Å². The molecule has 0 aliphatic carbocycles. The molecule has 1 N–H and O–H groups in total. The zero-order valence-corrected chi connectivity index (χ0v) is 13.9. The van der Waals surface area contributed by atoms with Crippen molar-refractivity contribution in [2.45, 2.75) is 33.4 Å². The SMILES string of the molecule is Cc1cc(Oc2ncc(F)cc2CNC(C)C)ccc1Br. The Morgan fingerprint density at radius 1 is 1.33 bits per heavy atom. The molecule has 5 heteroatoms. The van der Waals surface area contributed by atoms with Crippen LogP contribution in [0.3, 0.4) is 0 Å². The Morgan fingerprint density at radius 3 is 2.76 bits per heavy atom. The van der Waals surface area contributed by atoms with Gasteiger partial charge in [0.2, 0.25) is 5.88 Å². The molecule has 0 amide bonds. The van der Waals surface area contributed by atoms with Crippen molar-refractivity contribution in [1.29, 1.82) is 0 Å². The summed E-state index contributed by atoms with van der Waals surface area (Å²) in [5.74, 6) is 0.738. The summed E-state index contributed by atoms with van der Waals surface area (Å²) in [7, 11) is 0. The van der Waals surface area contributed by atoms with Gasteiger partial charge in [0.25, 0.3) is 0 Å². The highest BCUT2D eigenvalue weighted by molar-refractivity contribution is 9.10. The van der Waals surface area contributed by atoms with E-state index >= 15 is 0 Å². The topological polar surface area (TPSA) is 34.1 Å². The molecule has 0 atom stereocenters. The first-order chi connectivity index (χ1) is 9.95. The molecule has 21 heavy (non-hydrogen) atoms. The van der Waals surface area contributed by atoms with E-state index < -0.39 is 0 Å². The summed E-state index contributed by atoms with van der Waals surface area (Å²) in [5, 5.41) is 3.24. The van der Waals surface area contributed by atoms with E-state index in [9.17, 15) is 4.39 Å². The van der Waals surface area contributed by atoms with Crippen LogP contribution >= 0.6 is 15.9 Å². The van der Waals surface area contributed by atoms with Crippen LogP contribution < -0.4 is 10.1 Å². The standard InChI is InChI=1S/C16H18BrFN2O/c1-10(2)19-8-12-7-13(18)9-20-16(12)21-14-4-5-15(17)11(3)6-14/h4-7,9-10,19H,8H2,1-3H3. The normalized spacial score (nSPS) is 11.0. The summed E-state index contributed by atoms with van der Waals surface area (Å²) in [6, 6.07) is 7.43. The lowest BCUT2D eigenvalue weighted by atomic mass is 10.2. The first kappa shape index (κ1) is 15.9. The highest BCUT2D eigenvalue weighted by Gasteiger charge is 2.10. The van der Waals surface area contributed by atoms with Crippen LogP contribution in [0.15, 0.2) is 34.9 Å². The molecule has 112 valence electrons. The van der Waals surface area contributed by atoms with Crippen LogP contribution in [0.5, 0.6) is 11.6 Å². The van der Waals surface area contributed by atoms with E-state index in [0.717, 1.165) is 10.0 Å². The summed E-state index contributed by atoms with van der Waals surface area (Å²) in [6.07, 6.45) is 1.17. The second-order valence-electron chi connectivity index (χ2n) is 5.17. The number of pyridine rings is 1. The first-order valence-corrected chi connectivity index (χ1v) is 7.57. The van der Waals surface area contributed by atoms with Gasteiger partial charge in [-0.2, -0.15) is 0 Å². The zero-order chi connectivity index (χ0) is 15.4. The minimum Gasteiger partial charge on any atom is -0.439 e. The lowest BCUT2D eigenvalue weighted by molar-refractivity contribution is 0.445. The zero-order valence-electron chi connectivity index (χ0n) is 12.3. The van der Waals surface area contributed by atoms with Gasteiger partial charge in [0.1, 0.15) is 11.6 Å². The van der Waals surface area contributed by atoms with Gasteiger partial charge in [0, 0.05) is 22.6 Å². The third-order valence-electron chi connectivity index (χ3n) is 2.94. The largest absolute Gasteiger partial charge is 0.439 e. The molecule has 1 aromatic heterocycles. The summed E-state index contributed by atoms with van der Waals surface area (Å²) < 4.78 is 20.2. The Labute approximate surface area is 132 Å². The van der Waals surface area contributed by atoms with E-state index in [0.29, 0.717) is 29.8 Å². The lowest BCUT2D eigenvalue weighted by Gasteiger charge is -2.13. The monoisotopic (exact) mass is 352 g/mol. The number of benzene rings is 1. The number of hydrogen-bond donors (Lipinski definition) is 1. The molecular weight excluding hydrogens is 335 g/mol. The average molecular weight is 353 g/mol. The van der Waals surface area contributed by atoms with Crippen LogP contribution in [0.4, 0.5) is 4.39 Å². The van der Waals surface area contributed by atoms with Gasteiger partial charge in [0.05, 0.1) is 6.20 Å². The molecule has 2 aromatic rings. The molecular formula is C16H18BrFN2O. The third kappa shape index (κ3) is 4.51. The van der Waals surface area contributed by atoms with Crippen LogP contribution in [-0.4, -0.2) is 11.0 Å². The van der Waals surface area contributed by atoms with Crippen molar-refractivity contribution < 1.29 is 9.13 Å². The maximum Gasteiger partial charge on any atom is 0.223 e. The van der Waals surface area contributed by atoms with Gasteiger partial charge in [-0.3, -0.25) is 0 Å². The van der Waals surface area contributed by atoms with Crippen molar-refractivity contribution in [2.24, 2.45) is 0 Å². The van der Waals surface area contributed by atoms with Crippen molar-refractivity contribution in [3.05, 3.63) is 51.9 Å². The van der Waals surface area contributed by atoms with Gasteiger partial charge in [-0.1, -0.05) is 29.8 Å². The van der Waals surface area contributed by atoms with Gasteiger partial charge < -0.3 is 10.1 Å². The summed E-state index contributed by atoms with van der Waals surface area (Å²) in [6.45, 7) is 6.56. The Kier molecular flexibility index (Phi) is 5.31. The van der Waals surface area contributed by atoms with Gasteiger partial charge in [-0.25, -0.2) is 9.37 Å². The second kappa shape index (κ2) is 7.00. The maximum atomic E-state index is 13.4. The van der Waals surface area contributed by atoms with E-state index in [1.165, 1.54) is 12.3 Å². The van der Waals surface area contributed by atoms with Crippen molar-refractivity contribution in [1.82, 2.24) is 10.3 Å². The van der Waals surface area contributed by atoms with Crippen LogP contribution in [0.2, 0.25) is 0 Å².